The molecule has 0 spiro atoms. The molecule has 13 nitrogen and oxygen atoms in total. The van der Waals surface area contributed by atoms with Crippen LogP contribution in [0.2, 0.25) is 5.02 Å². The number of likely N-dealkylation sites (tertiary alicyclic amines) is 1. The predicted molar refractivity (Wildman–Crippen MR) is 221 cm³/mol. The number of carbonyl (C=O) groups is 4. The number of imide groups is 1. The fourth-order valence-corrected chi connectivity index (χ4v) is 9.53. The van der Waals surface area contributed by atoms with Gasteiger partial charge in [-0.2, -0.15) is 18.4 Å². The van der Waals surface area contributed by atoms with E-state index in [1.165, 1.54) is 6.07 Å². The zero-order chi connectivity index (χ0) is 43.3. The van der Waals surface area contributed by atoms with E-state index in [1.54, 1.807) is 36.9 Å². The SMILES string of the molecule is CCc1cc(N2C(=S)N(c3cnc(C#N)c(C(F)(F)F)c3)C(=O)C2(C)C)ccc1OCCC1CCN(C2(C(N)=O)CC2c2cc(Cl)cc(NC3CCC(=O)NC3=O)c2)CC1. The number of hydrogen-bond acceptors (Lipinski definition) is 10. The number of halogens is 4. The minimum atomic E-state index is -4.86. The quantitative estimate of drug-likeness (QED) is 0.140. The maximum Gasteiger partial charge on any atom is 0.419 e. The van der Waals surface area contributed by atoms with Crippen LogP contribution in [0.25, 0.3) is 0 Å². The number of anilines is 3. The number of aryl methyl sites for hydroxylation is 1. The summed E-state index contributed by atoms with van der Waals surface area (Å²) >= 11 is 12.2. The minimum absolute atomic E-state index is 0.0264. The summed E-state index contributed by atoms with van der Waals surface area (Å²) in [5.74, 6) is -0.780. The van der Waals surface area contributed by atoms with Gasteiger partial charge in [0.2, 0.25) is 17.7 Å². The number of nitrogens with two attached hydrogens (primary N) is 1. The molecule has 4 amide bonds. The van der Waals surface area contributed by atoms with Crippen molar-refractivity contribution in [3.05, 3.63) is 76.1 Å². The lowest BCUT2D eigenvalue weighted by Crippen LogP contribution is -2.51. The summed E-state index contributed by atoms with van der Waals surface area (Å²) in [5, 5.41) is 15.2. The molecule has 0 radical (unpaired) electrons. The summed E-state index contributed by atoms with van der Waals surface area (Å²) in [6, 6.07) is 12.5. The highest BCUT2D eigenvalue weighted by atomic mass is 35.5. The Hall–Kier alpha value is -5.31. The molecule has 3 aromatic rings. The summed E-state index contributed by atoms with van der Waals surface area (Å²) in [4.78, 5) is 59.2. The van der Waals surface area contributed by atoms with Gasteiger partial charge in [-0.25, -0.2) is 4.98 Å². The molecule has 3 atom stereocenters. The van der Waals surface area contributed by atoms with Gasteiger partial charge < -0.3 is 20.7 Å². The molecule has 1 aromatic heterocycles. The second-order valence-electron chi connectivity index (χ2n) is 16.2. The van der Waals surface area contributed by atoms with E-state index in [0.29, 0.717) is 67.0 Å². The van der Waals surface area contributed by atoms with Crippen molar-refractivity contribution in [1.29, 1.82) is 5.26 Å². The molecule has 4 aliphatic rings. The number of pyridine rings is 1. The van der Waals surface area contributed by atoms with E-state index in [4.69, 9.17) is 34.3 Å². The van der Waals surface area contributed by atoms with Gasteiger partial charge in [0.1, 0.15) is 28.9 Å². The molecule has 4 N–H and O–H groups in total. The van der Waals surface area contributed by atoms with Crippen molar-refractivity contribution in [2.24, 2.45) is 11.7 Å². The molecule has 4 fully saturated rings. The van der Waals surface area contributed by atoms with Gasteiger partial charge in [0.25, 0.3) is 5.91 Å². The molecule has 316 valence electrons. The van der Waals surface area contributed by atoms with Crippen LogP contribution < -0.4 is 30.9 Å². The highest BCUT2D eigenvalue weighted by Crippen LogP contribution is 2.57. The van der Waals surface area contributed by atoms with Gasteiger partial charge in [-0.3, -0.25) is 34.3 Å². The highest BCUT2D eigenvalue weighted by Gasteiger charge is 2.63. The predicted octanol–water partition coefficient (Wildman–Crippen LogP) is 6.21. The summed E-state index contributed by atoms with van der Waals surface area (Å²) in [5.41, 5.74) is 4.64. The summed E-state index contributed by atoms with van der Waals surface area (Å²) in [6.45, 7) is 7.04. The van der Waals surface area contributed by atoms with Crippen molar-refractivity contribution in [2.75, 3.05) is 34.8 Å². The van der Waals surface area contributed by atoms with Crippen LogP contribution in [-0.2, 0) is 31.8 Å². The number of aromatic nitrogens is 1. The van der Waals surface area contributed by atoms with Crippen molar-refractivity contribution in [3.63, 3.8) is 0 Å². The van der Waals surface area contributed by atoms with Gasteiger partial charge in [-0.1, -0.05) is 18.5 Å². The monoisotopic (exact) mass is 864 g/mol. The zero-order valence-corrected chi connectivity index (χ0v) is 34.8. The van der Waals surface area contributed by atoms with Gasteiger partial charge >= 0.3 is 6.18 Å². The lowest BCUT2D eigenvalue weighted by atomic mass is 9.91. The molecular formula is C42H44ClF3N8O5S. The van der Waals surface area contributed by atoms with E-state index < -0.39 is 40.5 Å². The van der Waals surface area contributed by atoms with Gasteiger partial charge in [0.15, 0.2) is 10.8 Å². The Morgan fingerprint density at radius 2 is 1.85 bits per heavy atom. The van der Waals surface area contributed by atoms with Crippen LogP contribution >= 0.6 is 23.8 Å². The number of hydrogen-bond donors (Lipinski definition) is 3. The number of primary amides is 1. The van der Waals surface area contributed by atoms with E-state index in [0.717, 1.165) is 47.6 Å². The number of thiocarbonyl (C=S) groups is 1. The van der Waals surface area contributed by atoms with Crippen LogP contribution in [0, 0.1) is 17.2 Å². The summed E-state index contributed by atoms with van der Waals surface area (Å²) in [6.07, 6.45) is 0.385. The molecule has 1 aliphatic carbocycles. The van der Waals surface area contributed by atoms with Crippen molar-refractivity contribution in [3.8, 4) is 11.8 Å². The second-order valence-corrected chi connectivity index (χ2v) is 17.0. The number of piperidine rings is 2. The minimum Gasteiger partial charge on any atom is -0.493 e. The Labute approximate surface area is 355 Å². The third-order valence-electron chi connectivity index (χ3n) is 12.1. The topological polar surface area (TPSA) is 174 Å². The van der Waals surface area contributed by atoms with E-state index >= 15 is 0 Å². The summed E-state index contributed by atoms with van der Waals surface area (Å²) in [7, 11) is 0. The maximum atomic E-state index is 13.8. The molecule has 2 aromatic carbocycles. The Kier molecular flexibility index (Phi) is 11.6. The lowest BCUT2D eigenvalue weighted by Gasteiger charge is -2.37. The summed E-state index contributed by atoms with van der Waals surface area (Å²) < 4.78 is 47.6. The number of amides is 4. The molecule has 3 saturated heterocycles. The highest BCUT2D eigenvalue weighted by molar-refractivity contribution is 7.81. The molecule has 18 heteroatoms. The first kappa shape index (κ1) is 42.8. The van der Waals surface area contributed by atoms with Crippen LogP contribution in [0.4, 0.5) is 30.2 Å². The molecule has 3 aliphatic heterocycles. The first-order valence-corrected chi connectivity index (χ1v) is 20.5. The molecule has 7 rings (SSSR count). The fourth-order valence-electron chi connectivity index (χ4n) is 8.77. The van der Waals surface area contributed by atoms with Gasteiger partial charge in [0.05, 0.1) is 24.1 Å². The third-order valence-corrected chi connectivity index (χ3v) is 12.7. The standard InChI is InChI=1S/C42H44ClF3N8O5S/c1-4-24-17-28(54-39(60)53(38(58)40(54,2)3)29-19-30(42(44,45)46)33(21-47)49-22-29)5-7-34(24)59-14-11-23-9-12-52(13-10-23)41(37(48)57)20-31(41)25-15-26(43)18-27(16-25)50-32-6-8-35(55)51-36(32)56/h5,7,15-19,22-23,31-32,50H,4,6,8-14,20H2,1-3H3,(H2,48,57)(H,51,55,56). The number of nitriles is 1. The lowest BCUT2D eigenvalue weighted by molar-refractivity contribution is -0.138. The molecular weight excluding hydrogens is 821 g/mol. The van der Waals surface area contributed by atoms with Crippen molar-refractivity contribution in [1.82, 2.24) is 15.2 Å². The molecule has 3 unspecified atom stereocenters. The Morgan fingerprint density at radius 1 is 1.12 bits per heavy atom. The van der Waals surface area contributed by atoms with Gasteiger partial charge in [-0.05, 0) is 137 Å². The Morgan fingerprint density at radius 3 is 2.50 bits per heavy atom. The van der Waals surface area contributed by atoms with E-state index in [-0.39, 0.29) is 40.9 Å². The second kappa shape index (κ2) is 16.3. The number of carbonyl (C=O) groups excluding carboxylic acids is 4. The first-order valence-electron chi connectivity index (χ1n) is 19.8. The number of nitrogens with zero attached hydrogens (tertiary/aromatic N) is 5. The molecule has 1 saturated carbocycles. The van der Waals surface area contributed by atoms with Crippen LogP contribution in [0.5, 0.6) is 5.75 Å². The van der Waals surface area contributed by atoms with Crippen LogP contribution in [-0.4, -0.2) is 75.4 Å². The van der Waals surface area contributed by atoms with Gasteiger partial charge in [-0.15, -0.1) is 0 Å². The average molecular weight is 865 g/mol. The Bertz CT molecular complexity index is 2310. The molecule has 60 heavy (non-hydrogen) atoms. The van der Waals surface area contributed by atoms with Gasteiger partial charge in [0, 0.05) is 28.7 Å². The Balaban J connectivity index is 0.965. The van der Waals surface area contributed by atoms with E-state index in [1.807, 2.05) is 25.1 Å². The van der Waals surface area contributed by atoms with Crippen LogP contribution in [0.1, 0.15) is 87.6 Å². The average Bonchev–Trinajstić information content (AvgIpc) is 3.93. The number of rotatable bonds is 12. The van der Waals surface area contributed by atoms with Crippen molar-refractivity contribution >= 4 is 69.6 Å². The third kappa shape index (κ3) is 8.00. The zero-order valence-electron chi connectivity index (χ0n) is 33.2. The van der Waals surface area contributed by atoms with Crippen molar-refractivity contribution in [2.45, 2.75) is 94.9 Å². The largest absolute Gasteiger partial charge is 0.493 e. The van der Waals surface area contributed by atoms with Crippen LogP contribution in [0.3, 0.4) is 0 Å². The fraction of sp³-hybridized carbons (Fsp3) is 0.452. The van der Waals surface area contributed by atoms with Crippen LogP contribution in [0.15, 0.2) is 48.7 Å². The van der Waals surface area contributed by atoms with Crippen molar-refractivity contribution < 1.29 is 37.1 Å². The smallest absolute Gasteiger partial charge is 0.419 e. The number of alkyl halides is 3. The van der Waals surface area contributed by atoms with E-state index in [2.05, 4.69) is 20.5 Å². The first-order chi connectivity index (χ1) is 28.4. The number of benzene rings is 2. The normalized spacial score (nSPS) is 23.4. The van der Waals surface area contributed by atoms with E-state index in [9.17, 15) is 37.6 Å². The molecule has 0 bridgehead atoms. The number of ether oxygens (including phenoxy) is 1. The number of nitrogens with one attached hydrogen (secondary N) is 2. The maximum absolute atomic E-state index is 13.8. The molecule has 4 heterocycles.